The third kappa shape index (κ3) is 33.5. The van der Waals surface area contributed by atoms with E-state index in [0.29, 0.717) is 39.6 Å². The van der Waals surface area contributed by atoms with Crippen molar-refractivity contribution in [1.29, 1.82) is 0 Å². The average Bonchev–Trinajstić information content (AvgIpc) is 2.86. The number of hydrogen-bond acceptors (Lipinski definition) is 8. The van der Waals surface area contributed by atoms with Gasteiger partial charge in [0.05, 0.1) is 39.6 Å². The first-order valence-electron chi connectivity index (χ1n) is 14.0. The van der Waals surface area contributed by atoms with E-state index in [-0.39, 0.29) is 0 Å². The van der Waals surface area contributed by atoms with Crippen LogP contribution in [-0.2, 0) is 51.4 Å². The van der Waals surface area contributed by atoms with Gasteiger partial charge in [-0.05, 0) is 38.5 Å². The summed E-state index contributed by atoms with van der Waals surface area (Å²) in [6.07, 6.45) is 11.3. The summed E-state index contributed by atoms with van der Waals surface area (Å²) in [7, 11) is 3.29. The van der Waals surface area contributed by atoms with E-state index in [1.807, 2.05) is 0 Å². The van der Waals surface area contributed by atoms with Gasteiger partial charge >= 0.3 is 50.2 Å². The van der Waals surface area contributed by atoms with Gasteiger partial charge in [-0.15, -0.1) is 0 Å². The minimum absolute atomic E-state index is 0.437. The van der Waals surface area contributed by atoms with Gasteiger partial charge in [-0.3, -0.25) is 27.1 Å². The van der Waals surface area contributed by atoms with Gasteiger partial charge in [0.15, 0.2) is 0 Å². The van der Waals surface area contributed by atoms with Crippen LogP contribution in [0.15, 0.2) is 0 Å². The van der Waals surface area contributed by atoms with Crippen molar-refractivity contribution in [2.75, 3.05) is 39.6 Å². The molecule has 0 N–H and O–H groups in total. The van der Waals surface area contributed by atoms with E-state index in [1.165, 1.54) is 0 Å². The first-order valence-corrected chi connectivity index (χ1v) is 24.7. The molecule has 224 valence electrons. The Morgan fingerprint density at radius 2 is 0.568 bits per heavy atom. The van der Waals surface area contributed by atoms with E-state index in [4.69, 9.17) is 46.5 Å². The molecular weight excluding hydrogens is 615 g/mol. The summed E-state index contributed by atoms with van der Waals surface area (Å²) in [5, 5.41) is 0. The number of rotatable bonds is 24. The molecule has 0 aliphatic heterocycles. The number of phosphoric ester groups is 2. The van der Waals surface area contributed by atoms with Crippen LogP contribution >= 0.6 is 35.0 Å². The third-order valence-electron chi connectivity index (χ3n) is 4.48. The summed E-state index contributed by atoms with van der Waals surface area (Å²) >= 11 is -0.931. The van der Waals surface area contributed by atoms with Crippen LogP contribution in [0.1, 0.15) is 119 Å². The number of unbranched alkanes of at least 4 members (excludes halogenated alkanes) is 6. The Bertz CT molecular complexity index is 426. The maximum absolute atomic E-state index is 12.2. The molecule has 0 rings (SSSR count). The standard InChI is InChI=1S/2C12H27O4P.2ClH.Zn/c2*1-4-7-10-14-17(13,15-11-8-5-2)16-12-9-6-3;;;/h2*4-12H2,1-3H3;2*1H;/q;;;;+2/p-2. The van der Waals surface area contributed by atoms with E-state index < -0.39 is 30.8 Å². The van der Waals surface area contributed by atoms with E-state index >= 15 is 0 Å². The molecule has 13 heteroatoms. The molecule has 0 bridgehead atoms. The molecule has 0 unspecified atom stereocenters. The van der Waals surface area contributed by atoms with Crippen molar-refractivity contribution in [3.05, 3.63) is 0 Å². The zero-order valence-electron chi connectivity index (χ0n) is 24.4. The van der Waals surface area contributed by atoms with Gasteiger partial charge in [-0.25, -0.2) is 9.13 Å². The topological polar surface area (TPSA) is 89.5 Å². The van der Waals surface area contributed by atoms with Gasteiger partial charge in [-0.1, -0.05) is 80.1 Å². The summed E-state index contributed by atoms with van der Waals surface area (Å²) in [6, 6.07) is 0. The van der Waals surface area contributed by atoms with Crippen molar-refractivity contribution < 1.29 is 51.4 Å². The number of phosphoric acid groups is 2. The van der Waals surface area contributed by atoms with E-state index in [2.05, 4.69) is 41.5 Å². The van der Waals surface area contributed by atoms with Crippen LogP contribution < -0.4 is 0 Å². The van der Waals surface area contributed by atoms with E-state index in [1.54, 1.807) is 0 Å². The van der Waals surface area contributed by atoms with Crippen molar-refractivity contribution in [2.45, 2.75) is 119 Å². The monoisotopic (exact) mass is 666 g/mol. The summed E-state index contributed by atoms with van der Waals surface area (Å²) < 4.78 is 56.0. The quantitative estimate of drug-likeness (QED) is 0.0570. The van der Waals surface area contributed by atoms with Crippen LogP contribution in [0.5, 0.6) is 0 Å². The molecule has 0 atom stereocenters. The summed E-state index contributed by atoms with van der Waals surface area (Å²) in [5.74, 6) is 0. The first-order chi connectivity index (χ1) is 17.8. The zero-order valence-corrected chi connectivity index (χ0v) is 30.6. The fraction of sp³-hybridized carbons (Fsp3) is 1.00. The average molecular weight is 669 g/mol. The van der Waals surface area contributed by atoms with Crippen LogP contribution in [-0.4, -0.2) is 39.6 Å². The molecule has 0 aromatic rings. The number of hydrogen-bond donors (Lipinski definition) is 0. The van der Waals surface area contributed by atoms with Crippen LogP contribution in [0, 0.1) is 0 Å². The Hall–Kier alpha value is 1.42. The molecule has 8 nitrogen and oxygen atoms in total. The predicted molar refractivity (Wildman–Crippen MR) is 152 cm³/mol. The fourth-order valence-electron chi connectivity index (χ4n) is 2.15. The normalized spacial score (nSPS) is 11.2. The molecule has 0 amide bonds. The molecule has 0 aromatic heterocycles. The van der Waals surface area contributed by atoms with Gasteiger partial charge < -0.3 is 0 Å². The molecule has 0 aromatic carbocycles. The Morgan fingerprint density at radius 3 is 0.676 bits per heavy atom. The van der Waals surface area contributed by atoms with Crippen molar-refractivity contribution in [1.82, 2.24) is 0 Å². The summed E-state index contributed by atoms with van der Waals surface area (Å²) in [6.45, 7) is 15.0. The SMILES string of the molecule is CCCCOP(=O)(OCCCC)OCCCC.CCCCOP(=O)(OCCCC)OCCCC.[Cl][Zn][Cl]. The van der Waals surface area contributed by atoms with Crippen molar-refractivity contribution >= 4 is 35.0 Å². The molecule has 0 saturated carbocycles. The molecule has 0 spiro atoms. The molecule has 37 heavy (non-hydrogen) atoms. The van der Waals surface area contributed by atoms with Crippen LogP contribution in [0.4, 0.5) is 0 Å². The molecule has 0 aliphatic rings. The van der Waals surface area contributed by atoms with Crippen LogP contribution in [0.2, 0.25) is 0 Å². The van der Waals surface area contributed by atoms with Gasteiger partial charge in [0.1, 0.15) is 0 Å². The maximum atomic E-state index is 12.2. The Kier molecular flexibility index (Phi) is 39.0. The van der Waals surface area contributed by atoms with Crippen molar-refractivity contribution in [2.24, 2.45) is 0 Å². The molecule has 0 radical (unpaired) electrons. The van der Waals surface area contributed by atoms with Crippen LogP contribution in [0.25, 0.3) is 0 Å². The Morgan fingerprint density at radius 1 is 0.432 bits per heavy atom. The minimum atomic E-state index is -3.31. The van der Waals surface area contributed by atoms with E-state index in [9.17, 15) is 9.13 Å². The third-order valence-corrected chi connectivity index (χ3v) is 7.48. The molecule has 0 fully saturated rings. The Balaban J connectivity index is -0.000000564. The second-order valence-electron chi connectivity index (χ2n) is 8.12. The van der Waals surface area contributed by atoms with Gasteiger partial charge in [0, 0.05) is 0 Å². The molecular formula is C24H54Cl2O8P2Zn. The summed E-state index contributed by atoms with van der Waals surface area (Å²) in [5.41, 5.74) is 0. The zero-order chi connectivity index (χ0) is 28.7. The van der Waals surface area contributed by atoms with Gasteiger partial charge in [0.2, 0.25) is 0 Å². The second kappa shape index (κ2) is 33.6. The van der Waals surface area contributed by atoms with Crippen molar-refractivity contribution in [3.8, 4) is 0 Å². The Labute approximate surface area is 243 Å². The van der Waals surface area contributed by atoms with E-state index in [0.717, 1.165) is 77.0 Å². The van der Waals surface area contributed by atoms with Crippen LogP contribution in [0.3, 0.4) is 0 Å². The molecule has 0 aliphatic carbocycles. The van der Waals surface area contributed by atoms with Crippen molar-refractivity contribution in [3.63, 3.8) is 0 Å². The second-order valence-corrected chi connectivity index (χ2v) is 16.1. The predicted octanol–water partition coefficient (Wildman–Crippen LogP) is 10.5. The molecule has 0 saturated heterocycles. The van der Waals surface area contributed by atoms with Gasteiger partial charge in [-0.2, -0.15) is 0 Å². The first kappa shape index (κ1) is 42.9. The number of halogens is 2. The molecule has 0 heterocycles. The summed E-state index contributed by atoms with van der Waals surface area (Å²) in [4.78, 5) is 0. The fourth-order valence-corrected chi connectivity index (χ4v) is 4.71. The van der Waals surface area contributed by atoms with Gasteiger partial charge in [0.25, 0.3) is 0 Å².